The van der Waals surface area contributed by atoms with Gasteiger partial charge in [-0.3, -0.25) is 9.59 Å². The Balaban J connectivity index is 1.82. The lowest BCUT2D eigenvalue weighted by atomic mass is 9.92. The first-order chi connectivity index (χ1) is 9.08. The molecule has 2 aliphatic heterocycles. The van der Waals surface area contributed by atoms with E-state index >= 15 is 0 Å². The highest BCUT2D eigenvalue weighted by atomic mass is 16.2. The van der Waals surface area contributed by atoms with Gasteiger partial charge in [0, 0.05) is 32.1 Å². The van der Waals surface area contributed by atoms with Crippen LogP contribution in [0.5, 0.6) is 0 Å². The molecule has 0 radical (unpaired) electrons. The van der Waals surface area contributed by atoms with E-state index in [4.69, 9.17) is 0 Å². The summed E-state index contributed by atoms with van der Waals surface area (Å²) in [6, 6.07) is 0.394. The summed E-state index contributed by atoms with van der Waals surface area (Å²) in [4.78, 5) is 27.8. The Kier molecular flexibility index (Phi) is 4.80. The van der Waals surface area contributed by atoms with E-state index in [1.165, 1.54) is 0 Å². The molecule has 19 heavy (non-hydrogen) atoms. The third-order valence-corrected chi connectivity index (χ3v) is 4.18. The predicted octanol–water partition coefficient (Wildman–Crippen LogP) is 0.455. The molecule has 2 heterocycles. The Labute approximate surface area is 115 Å². The number of likely N-dealkylation sites (tertiary alicyclic amines) is 1. The van der Waals surface area contributed by atoms with Gasteiger partial charge < -0.3 is 15.1 Å². The van der Waals surface area contributed by atoms with Crippen LogP contribution in [0.2, 0.25) is 0 Å². The van der Waals surface area contributed by atoms with Crippen molar-refractivity contribution in [2.24, 2.45) is 5.92 Å². The number of rotatable bonds is 3. The number of hydrogen-bond donors (Lipinski definition) is 1. The number of amides is 2. The molecule has 2 rings (SSSR count). The second-order valence-electron chi connectivity index (χ2n) is 5.86. The number of nitrogens with zero attached hydrogens (tertiary/aromatic N) is 2. The van der Waals surface area contributed by atoms with Gasteiger partial charge in [-0.2, -0.15) is 0 Å². The Morgan fingerprint density at radius 2 is 2.00 bits per heavy atom. The van der Waals surface area contributed by atoms with E-state index in [-0.39, 0.29) is 24.3 Å². The van der Waals surface area contributed by atoms with E-state index in [2.05, 4.69) is 12.2 Å². The summed E-state index contributed by atoms with van der Waals surface area (Å²) in [5, 5.41) is 3.35. The maximum Gasteiger partial charge on any atom is 0.242 e. The summed E-state index contributed by atoms with van der Waals surface area (Å²) in [5.74, 6) is 0.295. The normalized spacial score (nSPS) is 27.4. The molecule has 2 aliphatic rings. The zero-order valence-electron chi connectivity index (χ0n) is 12.0. The van der Waals surface area contributed by atoms with Gasteiger partial charge in [-0.15, -0.1) is 0 Å². The second kappa shape index (κ2) is 6.37. The molecule has 5 nitrogen and oxygen atoms in total. The van der Waals surface area contributed by atoms with Gasteiger partial charge in [0.15, 0.2) is 0 Å². The van der Waals surface area contributed by atoms with Gasteiger partial charge in [0.2, 0.25) is 11.8 Å². The first-order valence-corrected chi connectivity index (χ1v) is 7.34. The summed E-state index contributed by atoms with van der Waals surface area (Å²) < 4.78 is 0. The SMILES string of the molecule is CC1CC(C(=O)N(C)CC(=O)N2CCCC2)CCN1. The molecular weight excluding hydrogens is 242 g/mol. The van der Waals surface area contributed by atoms with E-state index in [1.807, 2.05) is 4.90 Å². The van der Waals surface area contributed by atoms with Crippen LogP contribution in [-0.2, 0) is 9.59 Å². The summed E-state index contributed by atoms with van der Waals surface area (Å²) in [7, 11) is 1.75. The van der Waals surface area contributed by atoms with E-state index in [0.29, 0.717) is 6.04 Å². The van der Waals surface area contributed by atoms with Crippen LogP contribution < -0.4 is 5.32 Å². The zero-order chi connectivity index (χ0) is 13.8. The number of carbonyl (C=O) groups is 2. The highest BCUT2D eigenvalue weighted by Gasteiger charge is 2.28. The van der Waals surface area contributed by atoms with Crippen molar-refractivity contribution >= 4 is 11.8 Å². The third kappa shape index (κ3) is 3.69. The molecule has 1 N–H and O–H groups in total. The van der Waals surface area contributed by atoms with Crippen LogP contribution in [0.4, 0.5) is 0 Å². The van der Waals surface area contributed by atoms with Crippen LogP contribution in [0.1, 0.15) is 32.6 Å². The van der Waals surface area contributed by atoms with Crippen LogP contribution in [0.25, 0.3) is 0 Å². The topological polar surface area (TPSA) is 52.7 Å². The van der Waals surface area contributed by atoms with Gasteiger partial charge in [-0.25, -0.2) is 0 Å². The minimum absolute atomic E-state index is 0.0765. The standard InChI is InChI=1S/C14H25N3O2/c1-11-9-12(5-6-15-11)14(19)16(2)10-13(18)17-7-3-4-8-17/h11-12,15H,3-10H2,1-2H3. The van der Waals surface area contributed by atoms with Gasteiger partial charge in [-0.05, 0) is 39.2 Å². The van der Waals surface area contributed by atoms with Gasteiger partial charge in [-0.1, -0.05) is 0 Å². The third-order valence-electron chi connectivity index (χ3n) is 4.18. The maximum absolute atomic E-state index is 12.3. The molecular formula is C14H25N3O2. The van der Waals surface area contributed by atoms with Crippen LogP contribution in [-0.4, -0.2) is 60.9 Å². The van der Waals surface area contributed by atoms with Crippen LogP contribution >= 0.6 is 0 Å². The number of piperidine rings is 1. The van der Waals surface area contributed by atoms with Gasteiger partial charge in [0.05, 0.1) is 6.54 Å². The van der Waals surface area contributed by atoms with Gasteiger partial charge in [0.25, 0.3) is 0 Å². The van der Waals surface area contributed by atoms with Gasteiger partial charge in [0.1, 0.15) is 0 Å². The molecule has 0 spiro atoms. The highest BCUT2D eigenvalue weighted by molar-refractivity contribution is 5.86. The first kappa shape index (κ1) is 14.3. The van der Waals surface area contributed by atoms with Crippen molar-refractivity contribution in [3.05, 3.63) is 0 Å². The fourth-order valence-electron chi connectivity index (χ4n) is 3.02. The second-order valence-corrected chi connectivity index (χ2v) is 5.86. The Bertz CT molecular complexity index is 340. The minimum Gasteiger partial charge on any atom is -0.341 e. The number of carbonyl (C=O) groups excluding carboxylic acids is 2. The molecule has 0 aromatic rings. The molecule has 0 bridgehead atoms. The molecule has 0 aliphatic carbocycles. The van der Waals surface area contributed by atoms with Crippen molar-refractivity contribution in [3.63, 3.8) is 0 Å². The fraction of sp³-hybridized carbons (Fsp3) is 0.857. The molecule has 2 unspecified atom stereocenters. The monoisotopic (exact) mass is 267 g/mol. The highest BCUT2D eigenvalue weighted by Crippen LogP contribution is 2.18. The summed E-state index contributed by atoms with van der Waals surface area (Å²) in [5.41, 5.74) is 0. The van der Waals surface area contributed by atoms with Crippen molar-refractivity contribution in [2.45, 2.75) is 38.6 Å². The number of nitrogens with one attached hydrogen (secondary N) is 1. The molecule has 5 heteroatoms. The lowest BCUT2D eigenvalue weighted by Crippen LogP contribution is -2.46. The Morgan fingerprint density at radius 1 is 1.32 bits per heavy atom. The molecule has 108 valence electrons. The van der Waals surface area contributed by atoms with Crippen molar-refractivity contribution in [1.82, 2.24) is 15.1 Å². The van der Waals surface area contributed by atoms with Gasteiger partial charge >= 0.3 is 0 Å². The Hall–Kier alpha value is -1.10. The van der Waals surface area contributed by atoms with Crippen LogP contribution in [0.15, 0.2) is 0 Å². The summed E-state index contributed by atoms with van der Waals surface area (Å²) in [6.45, 7) is 4.94. The lowest BCUT2D eigenvalue weighted by Gasteiger charge is -2.30. The molecule has 2 atom stereocenters. The average Bonchev–Trinajstić information content (AvgIpc) is 2.91. The fourth-order valence-corrected chi connectivity index (χ4v) is 3.02. The summed E-state index contributed by atoms with van der Waals surface area (Å²) in [6.07, 6.45) is 3.94. The van der Waals surface area contributed by atoms with Crippen molar-refractivity contribution in [2.75, 3.05) is 33.2 Å². The quantitative estimate of drug-likeness (QED) is 0.808. The zero-order valence-corrected chi connectivity index (χ0v) is 12.0. The smallest absolute Gasteiger partial charge is 0.242 e. The molecule has 2 amide bonds. The van der Waals surface area contributed by atoms with Crippen molar-refractivity contribution in [1.29, 1.82) is 0 Å². The van der Waals surface area contributed by atoms with Crippen molar-refractivity contribution < 1.29 is 9.59 Å². The van der Waals surface area contributed by atoms with E-state index in [9.17, 15) is 9.59 Å². The number of hydrogen-bond acceptors (Lipinski definition) is 3. The molecule has 0 aromatic carbocycles. The first-order valence-electron chi connectivity index (χ1n) is 7.34. The molecule has 2 saturated heterocycles. The largest absolute Gasteiger partial charge is 0.341 e. The minimum atomic E-state index is 0.0765. The molecule has 0 saturated carbocycles. The summed E-state index contributed by atoms with van der Waals surface area (Å²) >= 11 is 0. The van der Waals surface area contributed by atoms with E-state index in [1.54, 1.807) is 11.9 Å². The van der Waals surface area contributed by atoms with Crippen molar-refractivity contribution in [3.8, 4) is 0 Å². The molecule has 0 aromatic heterocycles. The average molecular weight is 267 g/mol. The predicted molar refractivity (Wildman–Crippen MR) is 73.6 cm³/mol. The number of likely N-dealkylation sites (N-methyl/N-ethyl adjacent to an activating group) is 1. The maximum atomic E-state index is 12.3. The Morgan fingerprint density at radius 3 is 2.63 bits per heavy atom. The van der Waals surface area contributed by atoms with Crippen LogP contribution in [0, 0.1) is 5.92 Å². The van der Waals surface area contributed by atoms with Crippen LogP contribution in [0.3, 0.4) is 0 Å². The van der Waals surface area contributed by atoms with E-state index < -0.39 is 0 Å². The lowest BCUT2D eigenvalue weighted by molar-refractivity contribution is -0.141. The molecule has 2 fully saturated rings. The van der Waals surface area contributed by atoms with E-state index in [0.717, 1.165) is 45.3 Å².